The minimum atomic E-state index is -3.31. The number of aryl methyl sites for hydroxylation is 1. The van der Waals surface area contributed by atoms with E-state index in [2.05, 4.69) is 5.32 Å². The molecule has 162 valence electrons. The van der Waals surface area contributed by atoms with Crippen LogP contribution in [0.2, 0.25) is 5.02 Å². The zero-order valence-electron chi connectivity index (χ0n) is 17.0. The fourth-order valence-corrected chi connectivity index (χ4v) is 5.35. The van der Waals surface area contributed by atoms with E-state index >= 15 is 0 Å². The number of carbonyl (C=O) groups is 1. The first-order valence-corrected chi connectivity index (χ1v) is 12.0. The monoisotopic (exact) mass is 450 g/mol. The van der Waals surface area contributed by atoms with Crippen molar-refractivity contribution in [2.24, 2.45) is 5.92 Å². The standard InChI is InChI=1S/C22H27ClN2O4S/c1-29-21-10-9-19(23)16-20(21)24-22(26)18-11-13-25(14-12-18)30(27,28)15-5-8-17-6-3-2-4-7-17/h2-4,6-7,9-10,16,18H,5,8,11-15H2,1H3,(H,24,26). The topological polar surface area (TPSA) is 75.7 Å². The number of nitrogens with zero attached hydrogens (tertiary/aromatic N) is 1. The highest BCUT2D eigenvalue weighted by molar-refractivity contribution is 7.89. The zero-order chi connectivity index (χ0) is 21.6. The lowest BCUT2D eigenvalue weighted by atomic mass is 9.97. The summed E-state index contributed by atoms with van der Waals surface area (Å²) in [6.45, 7) is 0.719. The summed E-state index contributed by atoms with van der Waals surface area (Å²) in [5.41, 5.74) is 1.66. The first-order chi connectivity index (χ1) is 14.4. The second kappa shape index (κ2) is 10.3. The Bertz CT molecular complexity index is 958. The molecule has 1 aliphatic rings. The van der Waals surface area contributed by atoms with Crippen LogP contribution in [-0.2, 0) is 21.2 Å². The quantitative estimate of drug-likeness (QED) is 0.660. The molecule has 1 fully saturated rings. The van der Waals surface area contributed by atoms with Crippen LogP contribution in [0.4, 0.5) is 5.69 Å². The largest absolute Gasteiger partial charge is 0.495 e. The maximum Gasteiger partial charge on any atom is 0.227 e. The molecule has 0 bridgehead atoms. The summed E-state index contributed by atoms with van der Waals surface area (Å²) in [5.74, 6) is 0.269. The van der Waals surface area contributed by atoms with Gasteiger partial charge in [0.05, 0.1) is 18.6 Å². The minimum Gasteiger partial charge on any atom is -0.495 e. The van der Waals surface area contributed by atoms with Crippen LogP contribution in [0.1, 0.15) is 24.8 Å². The van der Waals surface area contributed by atoms with Crippen molar-refractivity contribution in [3.8, 4) is 5.75 Å². The Morgan fingerprint density at radius 2 is 1.87 bits per heavy atom. The predicted octanol–water partition coefficient (Wildman–Crippen LogP) is 3.96. The summed E-state index contributed by atoms with van der Waals surface area (Å²) < 4.78 is 32.1. The lowest BCUT2D eigenvalue weighted by molar-refractivity contribution is -0.120. The number of hydrogen-bond donors (Lipinski definition) is 1. The molecule has 1 saturated heterocycles. The molecule has 8 heteroatoms. The number of piperidine rings is 1. The fourth-order valence-electron chi connectivity index (χ4n) is 3.64. The van der Waals surface area contributed by atoms with E-state index in [1.54, 1.807) is 18.2 Å². The SMILES string of the molecule is COc1ccc(Cl)cc1NC(=O)C1CCN(S(=O)(=O)CCCc2ccccc2)CC1. The van der Waals surface area contributed by atoms with Crippen LogP contribution in [-0.4, -0.2) is 44.6 Å². The third-order valence-corrected chi connectivity index (χ3v) is 7.54. The zero-order valence-corrected chi connectivity index (χ0v) is 18.6. The lowest BCUT2D eigenvalue weighted by Gasteiger charge is -2.30. The van der Waals surface area contributed by atoms with E-state index in [1.165, 1.54) is 11.4 Å². The van der Waals surface area contributed by atoms with E-state index < -0.39 is 10.0 Å². The van der Waals surface area contributed by atoms with Crippen LogP contribution in [0.25, 0.3) is 0 Å². The molecule has 1 aliphatic heterocycles. The number of amides is 1. The smallest absolute Gasteiger partial charge is 0.227 e. The highest BCUT2D eigenvalue weighted by atomic mass is 35.5. The Kier molecular flexibility index (Phi) is 7.75. The van der Waals surface area contributed by atoms with Gasteiger partial charge in [-0.2, -0.15) is 0 Å². The van der Waals surface area contributed by atoms with Crippen molar-refractivity contribution in [1.29, 1.82) is 0 Å². The van der Waals surface area contributed by atoms with Gasteiger partial charge in [-0.3, -0.25) is 4.79 Å². The predicted molar refractivity (Wildman–Crippen MR) is 119 cm³/mol. The molecular weight excluding hydrogens is 424 g/mol. The number of hydrogen-bond acceptors (Lipinski definition) is 4. The van der Waals surface area contributed by atoms with Gasteiger partial charge < -0.3 is 10.1 Å². The number of methoxy groups -OCH3 is 1. The number of halogens is 1. The summed E-state index contributed by atoms with van der Waals surface area (Å²) in [6.07, 6.45) is 2.31. The average molecular weight is 451 g/mol. The first kappa shape index (κ1) is 22.6. The molecule has 1 N–H and O–H groups in total. The van der Waals surface area contributed by atoms with Gasteiger partial charge in [-0.05, 0) is 49.4 Å². The van der Waals surface area contributed by atoms with Gasteiger partial charge in [0.1, 0.15) is 5.75 Å². The molecular formula is C22H27ClN2O4S. The summed E-state index contributed by atoms with van der Waals surface area (Å²) in [5, 5.41) is 3.36. The van der Waals surface area contributed by atoms with Crippen LogP contribution in [0, 0.1) is 5.92 Å². The van der Waals surface area contributed by atoms with Gasteiger partial charge >= 0.3 is 0 Å². The average Bonchev–Trinajstić information content (AvgIpc) is 2.74. The molecule has 0 radical (unpaired) electrons. The first-order valence-electron chi connectivity index (χ1n) is 10.0. The third-order valence-electron chi connectivity index (χ3n) is 5.35. The van der Waals surface area contributed by atoms with Crippen molar-refractivity contribution in [2.75, 3.05) is 31.3 Å². The maximum atomic E-state index is 12.7. The number of benzene rings is 2. The summed E-state index contributed by atoms with van der Waals surface area (Å²) >= 11 is 6.01. The molecule has 1 heterocycles. The molecule has 1 amide bonds. The lowest BCUT2D eigenvalue weighted by Crippen LogP contribution is -2.42. The van der Waals surface area contributed by atoms with Gasteiger partial charge in [0, 0.05) is 24.0 Å². The number of carbonyl (C=O) groups excluding carboxylic acids is 1. The molecule has 6 nitrogen and oxygen atoms in total. The Morgan fingerprint density at radius 1 is 1.17 bits per heavy atom. The van der Waals surface area contributed by atoms with Gasteiger partial charge in [-0.1, -0.05) is 41.9 Å². The van der Waals surface area contributed by atoms with Crippen LogP contribution < -0.4 is 10.1 Å². The molecule has 2 aromatic carbocycles. The second-order valence-corrected chi connectivity index (χ2v) is 9.94. The van der Waals surface area contributed by atoms with E-state index in [0.717, 1.165) is 12.0 Å². The van der Waals surface area contributed by atoms with Crippen molar-refractivity contribution in [2.45, 2.75) is 25.7 Å². The van der Waals surface area contributed by atoms with Gasteiger partial charge in [-0.25, -0.2) is 12.7 Å². The van der Waals surface area contributed by atoms with Crippen LogP contribution in [0.5, 0.6) is 5.75 Å². The number of nitrogens with one attached hydrogen (secondary N) is 1. The van der Waals surface area contributed by atoms with Gasteiger partial charge in [-0.15, -0.1) is 0 Å². The molecule has 0 aliphatic carbocycles. The van der Waals surface area contributed by atoms with E-state index in [-0.39, 0.29) is 17.6 Å². The van der Waals surface area contributed by atoms with Crippen molar-refractivity contribution in [3.63, 3.8) is 0 Å². The Labute approximate surface area is 183 Å². The fraction of sp³-hybridized carbons (Fsp3) is 0.409. The molecule has 0 atom stereocenters. The number of ether oxygens (including phenoxy) is 1. The summed E-state index contributed by atoms with van der Waals surface area (Å²) in [6, 6.07) is 14.9. The van der Waals surface area contributed by atoms with Gasteiger partial charge in [0.2, 0.25) is 15.9 Å². The van der Waals surface area contributed by atoms with Crippen LogP contribution in [0.15, 0.2) is 48.5 Å². The normalized spacial score (nSPS) is 15.7. The minimum absolute atomic E-state index is 0.123. The van der Waals surface area contributed by atoms with Crippen molar-refractivity contribution in [1.82, 2.24) is 4.31 Å². The van der Waals surface area contributed by atoms with E-state index in [9.17, 15) is 13.2 Å². The number of anilines is 1. The van der Waals surface area contributed by atoms with E-state index in [1.807, 2.05) is 30.3 Å². The number of rotatable bonds is 8. The van der Waals surface area contributed by atoms with Crippen LogP contribution >= 0.6 is 11.6 Å². The highest BCUT2D eigenvalue weighted by Crippen LogP contribution is 2.29. The molecule has 0 unspecified atom stereocenters. The molecule has 0 aromatic heterocycles. The second-order valence-electron chi connectivity index (χ2n) is 7.41. The van der Waals surface area contributed by atoms with Crippen molar-refractivity contribution in [3.05, 3.63) is 59.1 Å². The maximum absolute atomic E-state index is 12.7. The van der Waals surface area contributed by atoms with Gasteiger partial charge in [0.15, 0.2) is 0 Å². The van der Waals surface area contributed by atoms with Crippen molar-refractivity contribution < 1.29 is 17.9 Å². The number of sulfonamides is 1. The molecule has 0 spiro atoms. The molecule has 30 heavy (non-hydrogen) atoms. The third kappa shape index (κ3) is 5.97. The van der Waals surface area contributed by atoms with Crippen LogP contribution in [0.3, 0.4) is 0 Å². The molecule has 0 saturated carbocycles. The molecule has 3 rings (SSSR count). The van der Waals surface area contributed by atoms with Crippen molar-refractivity contribution >= 4 is 33.2 Å². The summed E-state index contributed by atoms with van der Waals surface area (Å²) in [4.78, 5) is 12.7. The van der Waals surface area contributed by atoms with E-state index in [0.29, 0.717) is 48.8 Å². The highest BCUT2D eigenvalue weighted by Gasteiger charge is 2.31. The molecule has 2 aromatic rings. The summed E-state index contributed by atoms with van der Waals surface area (Å²) in [7, 11) is -1.79. The Morgan fingerprint density at radius 3 is 2.53 bits per heavy atom. The van der Waals surface area contributed by atoms with Gasteiger partial charge in [0.25, 0.3) is 0 Å². The Hall–Kier alpha value is -2.09. The Balaban J connectivity index is 1.50. The van der Waals surface area contributed by atoms with E-state index in [4.69, 9.17) is 16.3 Å².